The molecule has 3 amide bonds. The molecule has 1 saturated heterocycles. The van der Waals surface area contributed by atoms with E-state index in [1.807, 2.05) is 48.2 Å². The number of carbonyl (C=O) groups is 3. The van der Waals surface area contributed by atoms with Gasteiger partial charge in [0.15, 0.2) is 0 Å². The molecule has 186 valence electrons. The molecule has 8 nitrogen and oxygen atoms in total. The third-order valence-corrected chi connectivity index (χ3v) is 6.20. The lowest BCUT2D eigenvalue weighted by Gasteiger charge is -2.25. The van der Waals surface area contributed by atoms with Crippen molar-refractivity contribution in [2.75, 3.05) is 23.8 Å². The molecule has 3 aromatic carbocycles. The zero-order valence-corrected chi connectivity index (χ0v) is 20.1. The van der Waals surface area contributed by atoms with E-state index in [0.717, 1.165) is 29.7 Å². The van der Waals surface area contributed by atoms with Gasteiger partial charge < -0.3 is 25.4 Å². The Labute approximate surface area is 209 Å². The fourth-order valence-corrected chi connectivity index (χ4v) is 4.20. The van der Waals surface area contributed by atoms with Crippen LogP contribution in [0.5, 0.6) is 5.75 Å². The van der Waals surface area contributed by atoms with Crippen molar-refractivity contribution >= 4 is 29.3 Å². The van der Waals surface area contributed by atoms with Gasteiger partial charge in [0.2, 0.25) is 5.91 Å². The van der Waals surface area contributed by atoms with E-state index in [4.69, 9.17) is 9.84 Å². The van der Waals surface area contributed by atoms with Crippen LogP contribution in [0.1, 0.15) is 34.3 Å². The summed E-state index contributed by atoms with van der Waals surface area (Å²) < 4.78 is 5.82. The number of amides is 3. The van der Waals surface area contributed by atoms with Crippen molar-refractivity contribution in [3.8, 4) is 5.75 Å². The first-order valence-corrected chi connectivity index (χ1v) is 11.9. The van der Waals surface area contributed by atoms with Crippen molar-refractivity contribution in [2.24, 2.45) is 0 Å². The first-order valence-electron chi connectivity index (χ1n) is 11.9. The lowest BCUT2D eigenvalue weighted by molar-refractivity contribution is -0.131. The third-order valence-electron chi connectivity index (χ3n) is 6.20. The van der Waals surface area contributed by atoms with E-state index >= 15 is 0 Å². The van der Waals surface area contributed by atoms with E-state index in [-0.39, 0.29) is 30.0 Å². The fourth-order valence-electron chi connectivity index (χ4n) is 4.20. The van der Waals surface area contributed by atoms with Gasteiger partial charge in [-0.1, -0.05) is 30.3 Å². The van der Waals surface area contributed by atoms with E-state index in [1.54, 1.807) is 24.3 Å². The molecule has 3 aromatic rings. The predicted molar refractivity (Wildman–Crippen MR) is 138 cm³/mol. The molecule has 0 aliphatic carbocycles. The summed E-state index contributed by atoms with van der Waals surface area (Å²) in [6.45, 7) is 2.97. The number of anilines is 2. The molecule has 1 unspecified atom stereocenters. The lowest BCUT2D eigenvalue weighted by Crippen LogP contribution is -2.39. The summed E-state index contributed by atoms with van der Waals surface area (Å²) in [5.74, 6) is -0.377. The number of hydrogen-bond acceptors (Lipinski definition) is 4. The second-order valence-corrected chi connectivity index (χ2v) is 8.79. The number of carboxylic acids is 1. The van der Waals surface area contributed by atoms with Crippen LogP contribution in [0.2, 0.25) is 0 Å². The van der Waals surface area contributed by atoms with Gasteiger partial charge in [-0.05, 0) is 73.4 Å². The van der Waals surface area contributed by atoms with Gasteiger partial charge >= 0.3 is 12.0 Å². The van der Waals surface area contributed by atoms with Crippen molar-refractivity contribution < 1.29 is 24.2 Å². The van der Waals surface area contributed by atoms with Crippen LogP contribution in [0.4, 0.5) is 16.2 Å². The normalized spacial score (nSPS) is 14.8. The van der Waals surface area contributed by atoms with Crippen molar-refractivity contribution in [3.63, 3.8) is 0 Å². The number of hydrogen-bond donors (Lipinski definition) is 3. The van der Waals surface area contributed by atoms with Crippen LogP contribution in [0.15, 0.2) is 72.8 Å². The van der Waals surface area contributed by atoms with Gasteiger partial charge in [-0.25, -0.2) is 9.59 Å². The maximum atomic E-state index is 13.0. The van der Waals surface area contributed by atoms with Crippen molar-refractivity contribution in [1.29, 1.82) is 0 Å². The molecule has 0 aromatic heterocycles. The van der Waals surface area contributed by atoms with Crippen molar-refractivity contribution in [2.45, 2.75) is 32.2 Å². The molecule has 0 bridgehead atoms. The molecule has 1 heterocycles. The van der Waals surface area contributed by atoms with Crippen molar-refractivity contribution in [3.05, 3.63) is 89.5 Å². The molecule has 0 radical (unpaired) electrons. The van der Waals surface area contributed by atoms with Gasteiger partial charge in [-0.2, -0.15) is 0 Å². The number of nitrogens with zero attached hydrogens (tertiary/aromatic N) is 1. The van der Waals surface area contributed by atoms with Crippen LogP contribution >= 0.6 is 0 Å². The first-order chi connectivity index (χ1) is 17.4. The molecule has 1 aliphatic heterocycles. The molecular weight excluding hydrogens is 458 g/mol. The highest BCUT2D eigenvalue weighted by Gasteiger charge is 2.29. The lowest BCUT2D eigenvalue weighted by atomic mass is 10.1. The number of ether oxygens (including phenoxy) is 1. The molecule has 3 N–H and O–H groups in total. The summed E-state index contributed by atoms with van der Waals surface area (Å²) in [6.07, 6.45) is 2.04. The standard InChI is InChI=1S/C28H29N3O5/c1-19-5-2-3-7-25(19)30-28(35)29-22-12-8-20(9-13-22)17-26(32)31-16-4-6-23(31)18-36-24-14-10-21(11-15-24)27(33)34/h2-3,5,7-15,23H,4,6,16-18H2,1H3,(H,33,34)(H2,29,30,35). The molecule has 36 heavy (non-hydrogen) atoms. The molecule has 1 aliphatic rings. The summed E-state index contributed by atoms with van der Waals surface area (Å²) in [5.41, 5.74) is 3.43. The van der Waals surface area contributed by atoms with Crippen LogP contribution in [-0.2, 0) is 11.2 Å². The summed E-state index contributed by atoms with van der Waals surface area (Å²) in [6, 6.07) is 20.7. The molecule has 1 atom stereocenters. The number of nitrogens with one attached hydrogen (secondary N) is 2. The Morgan fingerprint density at radius 3 is 2.39 bits per heavy atom. The topological polar surface area (TPSA) is 108 Å². The third kappa shape index (κ3) is 6.41. The number of rotatable bonds is 8. The van der Waals surface area contributed by atoms with Gasteiger partial charge in [0, 0.05) is 17.9 Å². The molecular formula is C28H29N3O5. The Morgan fingerprint density at radius 2 is 1.69 bits per heavy atom. The average molecular weight is 488 g/mol. The zero-order chi connectivity index (χ0) is 25.5. The second-order valence-electron chi connectivity index (χ2n) is 8.79. The number of benzene rings is 3. The molecule has 0 saturated carbocycles. The van der Waals surface area contributed by atoms with E-state index in [9.17, 15) is 14.4 Å². The van der Waals surface area contributed by atoms with Gasteiger partial charge in [-0.3, -0.25) is 4.79 Å². The maximum Gasteiger partial charge on any atom is 0.335 e. The summed E-state index contributed by atoms with van der Waals surface area (Å²) in [4.78, 5) is 38.1. The van der Waals surface area contributed by atoms with E-state index in [1.165, 1.54) is 12.1 Å². The van der Waals surface area contributed by atoms with E-state index in [0.29, 0.717) is 24.6 Å². The highest BCUT2D eigenvalue weighted by Crippen LogP contribution is 2.22. The van der Waals surface area contributed by atoms with Gasteiger partial charge in [0.25, 0.3) is 0 Å². The predicted octanol–water partition coefficient (Wildman–Crippen LogP) is 4.95. The Hall–Kier alpha value is -4.33. The molecule has 4 rings (SSSR count). The minimum atomic E-state index is -0.983. The number of carboxylic acid groups (broad SMARTS) is 1. The number of urea groups is 1. The largest absolute Gasteiger partial charge is 0.491 e. The van der Waals surface area contributed by atoms with Crippen LogP contribution in [0.25, 0.3) is 0 Å². The number of aromatic carboxylic acids is 1. The van der Waals surface area contributed by atoms with Crippen LogP contribution < -0.4 is 15.4 Å². The minimum Gasteiger partial charge on any atom is -0.491 e. The van der Waals surface area contributed by atoms with E-state index in [2.05, 4.69) is 10.6 Å². The summed E-state index contributed by atoms with van der Waals surface area (Å²) >= 11 is 0. The number of carbonyl (C=O) groups excluding carboxylic acids is 2. The number of aryl methyl sites for hydroxylation is 1. The summed E-state index contributed by atoms with van der Waals surface area (Å²) in [5, 5.41) is 14.6. The number of para-hydroxylation sites is 1. The maximum absolute atomic E-state index is 13.0. The zero-order valence-electron chi connectivity index (χ0n) is 20.1. The highest BCUT2D eigenvalue weighted by atomic mass is 16.5. The van der Waals surface area contributed by atoms with Gasteiger partial charge in [0.05, 0.1) is 18.0 Å². The Bertz CT molecular complexity index is 1220. The van der Waals surface area contributed by atoms with Crippen LogP contribution in [-0.4, -0.2) is 47.1 Å². The van der Waals surface area contributed by atoms with E-state index < -0.39 is 5.97 Å². The Balaban J connectivity index is 1.27. The highest BCUT2D eigenvalue weighted by molar-refractivity contribution is 6.00. The fraction of sp³-hybridized carbons (Fsp3) is 0.250. The van der Waals surface area contributed by atoms with Gasteiger partial charge in [-0.15, -0.1) is 0 Å². The van der Waals surface area contributed by atoms with Crippen LogP contribution in [0, 0.1) is 6.92 Å². The molecule has 0 spiro atoms. The quantitative estimate of drug-likeness (QED) is 0.417. The monoisotopic (exact) mass is 487 g/mol. The smallest absolute Gasteiger partial charge is 0.335 e. The average Bonchev–Trinajstić information content (AvgIpc) is 3.34. The molecule has 1 fully saturated rings. The van der Waals surface area contributed by atoms with Gasteiger partial charge in [0.1, 0.15) is 12.4 Å². The number of likely N-dealkylation sites (tertiary alicyclic amines) is 1. The van der Waals surface area contributed by atoms with Crippen LogP contribution in [0.3, 0.4) is 0 Å². The Kier molecular flexibility index (Phi) is 7.85. The Morgan fingerprint density at radius 1 is 0.972 bits per heavy atom. The minimum absolute atomic E-state index is 0.0253. The molecule has 8 heteroatoms. The first kappa shape index (κ1) is 24.8. The van der Waals surface area contributed by atoms with Crippen molar-refractivity contribution in [1.82, 2.24) is 4.90 Å². The second kappa shape index (κ2) is 11.4. The SMILES string of the molecule is Cc1ccccc1NC(=O)Nc1ccc(CC(=O)N2CCCC2COc2ccc(C(=O)O)cc2)cc1. The summed E-state index contributed by atoms with van der Waals surface area (Å²) in [7, 11) is 0.